The fourth-order valence-corrected chi connectivity index (χ4v) is 3.98. The van der Waals surface area contributed by atoms with Crippen LogP contribution >= 0.6 is 23.1 Å². The van der Waals surface area contributed by atoms with E-state index in [-0.39, 0.29) is 17.2 Å². The second-order valence-electron chi connectivity index (χ2n) is 5.34. The number of nitrogens with zero attached hydrogens (tertiary/aromatic N) is 1. The number of carbonyl (C=O) groups excluding carboxylic acids is 1. The van der Waals surface area contributed by atoms with Crippen LogP contribution in [0.2, 0.25) is 0 Å². The Morgan fingerprint density at radius 1 is 1.33 bits per heavy atom. The summed E-state index contributed by atoms with van der Waals surface area (Å²) in [5.41, 5.74) is 1.97. The lowest BCUT2D eigenvalue weighted by atomic mass is 10.1. The number of aromatic nitrogens is 2. The van der Waals surface area contributed by atoms with Crippen LogP contribution in [0.15, 0.2) is 45.7 Å². The number of rotatable bonds is 6. The molecule has 0 unspecified atom stereocenters. The van der Waals surface area contributed by atoms with Crippen molar-refractivity contribution in [2.45, 2.75) is 18.5 Å². The predicted molar refractivity (Wildman–Crippen MR) is 98.9 cm³/mol. The summed E-state index contributed by atoms with van der Waals surface area (Å²) in [6.45, 7) is 2.49. The molecule has 0 saturated carbocycles. The summed E-state index contributed by atoms with van der Waals surface area (Å²) < 4.78 is 0. The number of hydrogen-bond acceptors (Lipinski definition) is 5. The first-order chi connectivity index (χ1) is 11.6. The third-order valence-electron chi connectivity index (χ3n) is 3.52. The summed E-state index contributed by atoms with van der Waals surface area (Å²) in [6, 6.07) is 10.0. The van der Waals surface area contributed by atoms with Crippen LogP contribution in [0, 0.1) is 6.92 Å². The lowest BCUT2D eigenvalue weighted by Gasteiger charge is -2.05. The first-order valence-electron chi connectivity index (χ1n) is 7.55. The summed E-state index contributed by atoms with van der Waals surface area (Å²) in [4.78, 5) is 31.8. The van der Waals surface area contributed by atoms with Gasteiger partial charge in [0.1, 0.15) is 4.83 Å². The fraction of sp³-hybridized carbons (Fsp3) is 0.235. The summed E-state index contributed by atoms with van der Waals surface area (Å²) in [5.74, 6) is 0.161. The van der Waals surface area contributed by atoms with Crippen molar-refractivity contribution in [2.75, 3.05) is 12.3 Å². The molecule has 5 nitrogen and oxygen atoms in total. The molecule has 0 radical (unpaired) electrons. The first kappa shape index (κ1) is 16.7. The van der Waals surface area contributed by atoms with E-state index in [0.29, 0.717) is 21.9 Å². The number of aryl methyl sites for hydroxylation is 1. The van der Waals surface area contributed by atoms with Gasteiger partial charge >= 0.3 is 0 Å². The van der Waals surface area contributed by atoms with E-state index in [4.69, 9.17) is 0 Å². The second kappa shape index (κ2) is 7.63. The van der Waals surface area contributed by atoms with E-state index in [1.54, 1.807) is 0 Å². The van der Waals surface area contributed by atoms with Crippen molar-refractivity contribution in [1.29, 1.82) is 0 Å². The molecule has 1 amide bonds. The van der Waals surface area contributed by atoms with Gasteiger partial charge in [0.2, 0.25) is 5.91 Å². The van der Waals surface area contributed by atoms with E-state index in [1.165, 1.54) is 28.7 Å². The molecule has 3 rings (SSSR count). The number of fused-ring (bicyclic) bond motifs is 1. The monoisotopic (exact) mass is 359 g/mol. The van der Waals surface area contributed by atoms with Gasteiger partial charge in [-0.15, -0.1) is 11.3 Å². The number of amides is 1. The zero-order valence-electron chi connectivity index (χ0n) is 13.2. The zero-order chi connectivity index (χ0) is 16.9. The summed E-state index contributed by atoms with van der Waals surface area (Å²) >= 11 is 2.68. The van der Waals surface area contributed by atoms with Crippen molar-refractivity contribution in [1.82, 2.24) is 15.3 Å². The third kappa shape index (κ3) is 4.04. The zero-order valence-corrected chi connectivity index (χ0v) is 14.8. The largest absolute Gasteiger partial charge is 0.355 e. The molecule has 0 atom stereocenters. The van der Waals surface area contributed by atoms with Crippen molar-refractivity contribution in [3.05, 3.63) is 57.2 Å². The van der Waals surface area contributed by atoms with Gasteiger partial charge in [0, 0.05) is 6.54 Å². The van der Waals surface area contributed by atoms with Gasteiger partial charge in [0.25, 0.3) is 5.56 Å². The molecule has 0 fully saturated rings. The molecule has 2 aromatic heterocycles. The van der Waals surface area contributed by atoms with Gasteiger partial charge in [-0.3, -0.25) is 9.59 Å². The topological polar surface area (TPSA) is 74.8 Å². The van der Waals surface area contributed by atoms with Crippen LogP contribution in [-0.4, -0.2) is 28.2 Å². The van der Waals surface area contributed by atoms with Gasteiger partial charge in [0.05, 0.1) is 11.1 Å². The van der Waals surface area contributed by atoms with Crippen molar-refractivity contribution < 1.29 is 4.79 Å². The van der Waals surface area contributed by atoms with Crippen LogP contribution in [0.1, 0.15) is 11.1 Å². The Balaban J connectivity index is 1.52. The number of hydrogen-bond donors (Lipinski definition) is 2. The van der Waals surface area contributed by atoms with Gasteiger partial charge < -0.3 is 10.3 Å². The van der Waals surface area contributed by atoms with Crippen molar-refractivity contribution >= 4 is 39.2 Å². The normalized spacial score (nSPS) is 10.9. The van der Waals surface area contributed by atoms with E-state index < -0.39 is 0 Å². The van der Waals surface area contributed by atoms with Crippen LogP contribution in [-0.2, 0) is 11.2 Å². The predicted octanol–water partition coefficient (Wildman–Crippen LogP) is 2.74. The number of benzene rings is 1. The highest BCUT2D eigenvalue weighted by Crippen LogP contribution is 2.22. The Labute approximate surface area is 147 Å². The minimum Gasteiger partial charge on any atom is -0.355 e. The minimum absolute atomic E-state index is 0.0685. The quantitative estimate of drug-likeness (QED) is 0.524. The molecule has 0 spiro atoms. The number of aromatic amines is 1. The number of thiophene rings is 1. The standard InChI is InChI=1S/C17H17N3O2S2/c1-11-9-23-16-14(11)15(22)19-17(20-16)24-10-13(21)18-8-7-12-5-3-2-4-6-12/h2-6,9H,7-8,10H2,1H3,(H,18,21)(H,19,20,22). The molecular weight excluding hydrogens is 342 g/mol. The first-order valence-corrected chi connectivity index (χ1v) is 9.41. The van der Waals surface area contributed by atoms with Crippen LogP contribution < -0.4 is 10.9 Å². The highest BCUT2D eigenvalue weighted by molar-refractivity contribution is 7.99. The average Bonchev–Trinajstić information content (AvgIpc) is 2.95. The molecule has 2 heterocycles. The molecule has 3 aromatic rings. The highest BCUT2D eigenvalue weighted by Gasteiger charge is 2.10. The molecule has 0 aliphatic rings. The van der Waals surface area contributed by atoms with Gasteiger partial charge in [0.15, 0.2) is 5.16 Å². The lowest BCUT2D eigenvalue weighted by molar-refractivity contribution is -0.118. The Morgan fingerprint density at radius 2 is 2.12 bits per heavy atom. The van der Waals surface area contributed by atoms with E-state index in [1.807, 2.05) is 42.6 Å². The van der Waals surface area contributed by atoms with Gasteiger partial charge in [-0.2, -0.15) is 0 Å². The minimum atomic E-state index is -0.147. The summed E-state index contributed by atoms with van der Waals surface area (Å²) in [5, 5.41) is 5.91. The smallest absolute Gasteiger partial charge is 0.260 e. The van der Waals surface area contributed by atoms with Gasteiger partial charge in [-0.25, -0.2) is 4.98 Å². The molecule has 2 N–H and O–H groups in total. The SMILES string of the molecule is Cc1csc2nc(SCC(=O)NCCc3ccccc3)[nH]c(=O)c12. The summed E-state index contributed by atoms with van der Waals surface area (Å²) in [7, 11) is 0. The van der Waals surface area contributed by atoms with E-state index in [9.17, 15) is 9.59 Å². The lowest BCUT2D eigenvalue weighted by Crippen LogP contribution is -2.27. The Bertz CT molecular complexity index is 903. The molecule has 1 aromatic carbocycles. The van der Waals surface area contributed by atoms with Crippen LogP contribution in [0.5, 0.6) is 0 Å². The molecule has 124 valence electrons. The van der Waals surface area contributed by atoms with Crippen molar-refractivity contribution in [2.24, 2.45) is 0 Å². The molecule has 24 heavy (non-hydrogen) atoms. The van der Waals surface area contributed by atoms with E-state index in [0.717, 1.165) is 12.0 Å². The van der Waals surface area contributed by atoms with Crippen molar-refractivity contribution in [3.63, 3.8) is 0 Å². The van der Waals surface area contributed by atoms with Gasteiger partial charge in [-0.05, 0) is 29.9 Å². The van der Waals surface area contributed by atoms with E-state index >= 15 is 0 Å². The molecule has 0 bridgehead atoms. The fourth-order valence-electron chi connectivity index (χ4n) is 2.31. The van der Waals surface area contributed by atoms with Crippen molar-refractivity contribution in [3.8, 4) is 0 Å². The number of H-pyrrole nitrogens is 1. The maximum absolute atomic E-state index is 12.1. The Kier molecular flexibility index (Phi) is 5.32. The average molecular weight is 359 g/mol. The number of thioether (sulfide) groups is 1. The highest BCUT2D eigenvalue weighted by atomic mass is 32.2. The van der Waals surface area contributed by atoms with Crippen LogP contribution in [0.3, 0.4) is 0 Å². The molecule has 0 aliphatic heterocycles. The van der Waals surface area contributed by atoms with Crippen LogP contribution in [0.4, 0.5) is 0 Å². The maximum Gasteiger partial charge on any atom is 0.260 e. The molecule has 0 aliphatic carbocycles. The Morgan fingerprint density at radius 3 is 2.92 bits per heavy atom. The Hall–Kier alpha value is -2.12. The second-order valence-corrected chi connectivity index (χ2v) is 7.17. The molecular formula is C17H17N3O2S2. The number of carbonyl (C=O) groups is 1. The van der Waals surface area contributed by atoms with Crippen LogP contribution in [0.25, 0.3) is 10.2 Å². The van der Waals surface area contributed by atoms with E-state index in [2.05, 4.69) is 15.3 Å². The maximum atomic E-state index is 12.1. The van der Waals surface area contributed by atoms with Gasteiger partial charge in [-0.1, -0.05) is 42.1 Å². The molecule has 7 heteroatoms. The third-order valence-corrected chi connectivity index (χ3v) is 5.39. The molecule has 0 saturated heterocycles. The number of nitrogens with one attached hydrogen (secondary N) is 2. The summed E-state index contributed by atoms with van der Waals surface area (Å²) in [6.07, 6.45) is 0.798.